The van der Waals surface area contributed by atoms with Crippen LogP contribution in [0.4, 0.5) is 0 Å². The third-order valence-electron chi connectivity index (χ3n) is 1.79. The van der Waals surface area contributed by atoms with Gasteiger partial charge >= 0.3 is 6.02 Å². The molecule has 0 atom stereocenters. The smallest absolute Gasteiger partial charge is 0.311 e. The van der Waals surface area contributed by atoms with Crippen LogP contribution in [0.3, 0.4) is 0 Å². The van der Waals surface area contributed by atoms with Crippen molar-refractivity contribution in [2.75, 3.05) is 13.2 Å². The lowest BCUT2D eigenvalue weighted by molar-refractivity contribution is -0.212. The molecule has 14 heavy (non-hydrogen) atoms. The molecule has 72 valence electrons. The first-order valence-electron chi connectivity index (χ1n) is 4.34. The van der Waals surface area contributed by atoms with Gasteiger partial charge in [-0.1, -0.05) is 30.3 Å². The van der Waals surface area contributed by atoms with E-state index in [2.05, 4.69) is 9.98 Å². The highest BCUT2D eigenvalue weighted by atomic mass is 16.5. The normalized spacial score (nSPS) is 16.3. The molecule has 1 aliphatic rings. The Balaban J connectivity index is 2.19. The topological polar surface area (TPSA) is 57.0 Å². The average Bonchev–Trinajstić information content (AvgIpc) is 2.72. The summed E-state index contributed by atoms with van der Waals surface area (Å²) in [5.41, 5.74) is 0.547. The molecule has 2 rings (SSSR count). The summed E-state index contributed by atoms with van der Waals surface area (Å²) in [6.45, 7) is 1.10. The minimum absolute atomic E-state index is 0.193. The van der Waals surface area contributed by atoms with Crippen molar-refractivity contribution >= 4 is 11.9 Å². The number of hydrogen-bond donors (Lipinski definition) is 0. The zero-order valence-corrected chi connectivity index (χ0v) is 7.51. The van der Waals surface area contributed by atoms with Gasteiger partial charge in [-0.05, 0) is 5.56 Å². The summed E-state index contributed by atoms with van der Waals surface area (Å²) in [6.07, 6.45) is 0. The molecule has 0 aromatic heterocycles. The molecule has 1 aliphatic heterocycles. The maximum Gasteiger partial charge on any atom is 0.311 e. The van der Waals surface area contributed by atoms with Crippen LogP contribution in [0.25, 0.3) is 0 Å². The second kappa shape index (κ2) is 3.91. The molecule has 0 amide bonds. The number of ether oxygens (including phenoxy) is 1. The molecule has 0 radical (unpaired) electrons. The van der Waals surface area contributed by atoms with Crippen LogP contribution in [0.1, 0.15) is 5.56 Å². The minimum Gasteiger partial charge on any atom is -0.858 e. The van der Waals surface area contributed by atoms with E-state index in [0.717, 1.165) is 0 Å². The molecule has 0 saturated carbocycles. The van der Waals surface area contributed by atoms with Gasteiger partial charge in [0.05, 0.1) is 6.54 Å². The molecule has 1 aromatic carbocycles. The Bertz CT molecular complexity index is 371. The van der Waals surface area contributed by atoms with Gasteiger partial charge in [0.25, 0.3) is 0 Å². The van der Waals surface area contributed by atoms with Gasteiger partial charge in [0.1, 0.15) is 6.61 Å². The fourth-order valence-electron chi connectivity index (χ4n) is 1.12. The summed E-state index contributed by atoms with van der Waals surface area (Å²) in [4.78, 5) is 7.64. The van der Waals surface area contributed by atoms with Crippen LogP contribution in [0.5, 0.6) is 0 Å². The number of amidine groups is 1. The Labute approximate surface area is 81.6 Å². The third-order valence-corrected chi connectivity index (χ3v) is 1.79. The fraction of sp³-hybridized carbons (Fsp3) is 0.200. The molecule has 0 fully saturated rings. The molecule has 0 aliphatic carbocycles. The Morgan fingerprint density at radius 3 is 2.79 bits per heavy atom. The molecule has 4 nitrogen and oxygen atoms in total. The van der Waals surface area contributed by atoms with E-state index in [0.29, 0.717) is 18.7 Å². The first-order chi connectivity index (χ1) is 6.86. The molecule has 0 N–H and O–H groups in total. The predicted molar refractivity (Wildman–Crippen MR) is 51.2 cm³/mol. The van der Waals surface area contributed by atoms with E-state index in [1.165, 1.54) is 0 Å². The molecular formula is C10H9N2O2-. The van der Waals surface area contributed by atoms with Gasteiger partial charge in [-0.2, -0.15) is 0 Å². The zero-order valence-electron chi connectivity index (χ0n) is 7.51. The number of aliphatic imine (C=N–C) groups is 2. The third kappa shape index (κ3) is 1.90. The molecule has 1 heterocycles. The fourth-order valence-corrected chi connectivity index (χ4v) is 1.12. The predicted octanol–water partition coefficient (Wildman–Crippen LogP) is 0.180. The van der Waals surface area contributed by atoms with Crippen molar-refractivity contribution in [1.29, 1.82) is 0 Å². The molecule has 0 spiro atoms. The second-order valence-electron chi connectivity index (χ2n) is 2.80. The lowest BCUT2D eigenvalue weighted by Crippen LogP contribution is -2.20. The van der Waals surface area contributed by atoms with Crippen LogP contribution in [-0.4, -0.2) is 25.1 Å². The molecule has 0 bridgehead atoms. The maximum atomic E-state index is 11.5. The summed E-state index contributed by atoms with van der Waals surface area (Å²) in [6, 6.07) is 9.04. The number of nitrogens with zero attached hydrogens (tertiary/aromatic N) is 2. The van der Waals surface area contributed by atoms with Gasteiger partial charge in [0, 0.05) is 5.90 Å². The number of hydrogen-bond acceptors (Lipinski definition) is 4. The summed E-state index contributed by atoms with van der Waals surface area (Å²) in [7, 11) is 0. The second-order valence-corrected chi connectivity index (χ2v) is 2.80. The van der Waals surface area contributed by atoms with E-state index < -0.39 is 0 Å². The number of benzene rings is 1. The van der Waals surface area contributed by atoms with Crippen LogP contribution in [0.2, 0.25) is 0 Å². The van der Waals surface area contributed by atoms with Gasteiger partial charge in [0.15, 0.2) is 0 Å². The van der Waals surface area contributed by atoms with Crippen LogP contribution >= 0.6 is 0 Å². The van der Waals surface area contributed by atoms with Crippen molar-refractivity contribution in [2.24, 2.45) is 9.98 Å². The van der Waals surface area contributed by atoms with Crippen molar-refractivity contribution in [1.82, 2.24) is 0 Å². The van der Waals surface area contributed by atoms with Crippen molar-refractivity contribution in [3.05, 3.63) is 35.9 Å². The van der Waals surface area contributed by atoms with Crippen LogP contribution in [0, 0.1) is 0 Å². The Hall–Kier alpha value is -1.84. The van der Waals surface area contributed by atoms with Crippen molar-refractivity contribution in [2.45, 2.75) is 0 Å². The highest BCUT2D eigenvalue weighted by Gasteiger charge is 2.04. The first kappa shape index (κ1) is 8.74. The monoisotopic (exact) mass is 189 g/mol. The maximum absolute atomic E-state index is 11.5. The molecular weight excluding hydrogens is 180 g/mol. The summed E-state index contributed by atoms with van der Waals surface area (Å²) < 4.78 is 5.01. The molecule has 0 unspecified atom stereocenters. The lowest BCUT2D eigenvalue weighted by Gasteiger charge is -2.09. The molecule has 1 aromatic rings. The first-order valence-corrected chi connectivity index (χ1v) is 4.34. The van der Waals surface area contributed by atoms with Crippen molar-refractivity contribution in [3.8, 4) is 0 Å². The standard InChI is InChI=1S/C10H10N2O2/c13-9(8-4-2-1-3-5-8)12-10-11-6-7-14-10/h1-5H,6-7H2,(H,11,12,13)/p-1. The average molecular weight is 189 g/mol. The van der Waals surface area contributed by atoms with Gasteiger partial charge in [-0.15, -0.1) is 0 Å². The van der Waals surface area contributed by atoms with E-state index in [1.54, 1.807) is 24.3 Å². The lowest BCUT2D eigenvalue weighted by atomic mass is 10.2. The SMILES string of the molecule is [O-]C(=NC1=NCCO1)c1ccccc1. The molecule has 4 heteroatoms. The molecule has 0 saturated heterocycles. The summed E-state index contributed by atoms with van der Waals surface area (Å²) in [5, 5.41) is 11.5. The summed E-state index contributed by atoms with van der Waals surface area (Å²) in [5.74, 6) is -0.314. The van der Waals surface area contributed by atoms with E-state index >= 15 is 0 Å². The highest BCUT2D eigenvalue weighted by Crippen LogP contribution is 2.00. The van der Waals surface area contributed by atoms with E-state index in [9.17, 15) is 5.11 Å². The highest BCUT2D eigenvalue weighted by molar-refractivity contribution is 5.98. The van der Waals surface area contributed by atoms with E-state index in [1.807, 2.05) is 6.07 Å². The van der Waals surface area contributed by atoms with Gasteiger partial charge in [0.2, 0.25) is 0 Å². The van der Waals surface area contributed by atoms with Gasteiger partial charge in [-0.25, -0.2) is 9.98 Å². The minimum atomic E-state index is -0.314. The Kier molecular flexibility index (Phi) is 2.44. The Morgan fingerprint density at radius 2 is 2.14 bits per heavy atom. The van der Waals surface area contributed by atoms with Crippen molar-refractivity contribution < 1.29 is 9.84 Å². The van der Waals surface area contributed by atoms with E-state index in [-0.39, 0.29) is 11.9 Å². The van der Waals surface area contributed by atoms with E-state index in [4.69, 9.17) is 4.74 Å². The van der Waals surface area contributed by atoms with Crippen LogP contribution in [0.15, 0.2) is 40.3 Å². The number of rotatable bonds is 1. The quantitative estimate of drug-likeness (QED) is 0.467. The summed E-state index contributed by atoms with van der Waals surface area (Å²) >= 11 is 0. The zero-order chi connectivity index (χ0) is 9.80. The van der Waals surface area contributed by atoms with Crippen LogP contribution in [-0.2, 0) is 4.74 Å². The van der Waals surface area contributed by atoms with Gasteiger partial charge in [-0.3, -0.25) is 0 Å². The Morgan fingerprint density at radius 1 is 1.36 bits per heavy atom. The largest absolute Gasteiger partial charge is 0.858 e. The van der Waals surface area contributed by atoms with Crippen LogP contribution < -0.4 is 5.11 Å². The van der Waals surface area contributed by atoms with Gasteiger partial charge < -0.3 is 9.84 Å². The van der Waals surface area contributed by atoms with Crippen molar-refractivity contribution in [3.63, 3.8) is 0 Å².